The fraction of sp³-hybridized carbons (Fsp3) is 0.917. The van der Waals surface area contributed by atoms with Gasteiger partial charge in [-0.3, -0.25) is 10.3 Å². The number of rotatable bonds is 3. The van der Waals surface area contributed by atoms with Crippen molar-refractivity contribution in [1.82, 2.24) is 15.2 Å². The Morgan fingerprint density at radius 1 is 1.29 bits per heavy atom. The lowest BCUT2D eigenvalue weighted by Crippen LogP contribution is -2.54. The van der Waals surface area contributed by atoms with E-state index in [1.807, 2.05) is 0 Å². The number of nitrogens with two attached hydrogens (primary N) is 1. The minimum absolute atomic E-state index is 0.283. The zero-order valence-electron chi connectivity index (χ0n) is 11.0. The minimum Gasteiger partial charge on any atom is -0.339 e. The van der Waals surface area contributed by atoms with E-state index in [4.69, 9.17) is 5.84 Å². The molecule has 1 aliphatic heterocycles. The maximum Gasteiger partial charge on any atom is 0.208 e. The first-order chi connectivity index (χ1) is 8.19. The summed E-state index contributed by atoms with van der Waals surface area (Å²) in [7, 11) is 0. The smallest absolute Gasteiger partial charge is 0.208 e. The van der Waals surface area contributed by atoms with Gasteiger partial charge in [0.2, 0.25) is 5.96 Å². The number of aliphatic imine (C=N–C) groups is 1. The monoisotopic (exact) mass is 239 g/mol. The van der Waals surface area contributed by atoms with Crippen LogP contribution in [0.5, 0.6) is 0 Å². The summed E-state index contributed by atoms with van der Waals surface area (Å²) in [5.41, 5.74) is 2.73. The van der Waals surface area contributed by atoms with Crippen molar-refractivity contribution < 1.29 is 0 Å². The maximum atomic E-state index is 5.54. The lowest BCUT2D eigenvalue weighted by atomic mass is 10.3. The van der Waals surface area contributed by atoms with Crippen LogP contribution in [0.15, 0.2) is 4.99 Å². The fourth-order valence-corrected chi connectivity index (χ4v) is 2.26. The molecule has 0 unspecified atom stereocenters. The van der Waals surface area contributed by atoms with Gasteiger partial charge in [0, 0.05) is 38.8 Å². The summed E-state index contributed by atoms with van der Waals surface area (Å²) in [6.07, 6.45) is 2.87. The fourth-order valence-electron chi connectivity index (χ4n) is 2.26. The van der Waals surface area contributed by atoms with E-state index < -0.39 is 0 Å². The van der Waals surface area contributed by atoms with E-state index >= 15 is 0 Å². The van der Waals surface area contributed by atoms with Crippen molar-refractivity contribution in [3.05, 3.63) is 0 Å². The third-order valence-electron chi connectivity index (χ3n) is 3.39. The van der Waals surface area contributed by atoms with Gasteiger partial charge >= 0.3 is 0 Å². The van der Waals surface area contributed by atoms with Gasteiger partial charge < -0.3 is 4.90 Å². The zero-order valence-corrected chi connectivity index (χ0v) is 11.0. The van der Waals surface area contributed by atoms with Crippen molar-refractivity contribution >= 4 is 5.96 Å². The predicted octanol–water partition coefficient (Wildman–Crippen LogP) is 0.242. The quantitative estimate of drug-likeness (QED) is 0.321. The Hall–Kier alpha value is -0.810. The highest BCUT2D eigenvalue weighted by atomic mass is 15.4. The summed E-state index contributed by atoms with van der Waals surface area (Å²) in [6, 6.07) is 0.283. The molecule has 5 nitrogen and oxygen atoms in total. The summed E-state index contributed by atoms with van der Waals surface area (Å²) in [5, 5.41) is 0. The average molecular weight is 239 g/mol. The molecular weight excluding hydrogens is 214 g/mol. The van der Waals surface area contributed by atoms with E-state index in [9.17, 15) is 0 Å². The standard InChI is InChI=1S/C12H25N5/c1-10(2)14-12(15-13)17-7-5-16(6-8-17)9-11-3-4-11/h10-11H,3-9,13H2,1-2H3,(H,14,15). The van der Waals surface area contributed by atoms with Crippen LogP contribution in [0.25, 0.3) is 0 Å². The van der Waals surface area contributed by atoms with Crippen molar-refractivity contribution in [2.24, 2.45) is 16.8 Å². The number of piperazine rings is 1. The number of guanidine groups is 1. The second-order valence-corrected chi connectivity index (χ2v) is 5.42. The minimum atomic E-state index is 0.283. The second kappa shape index (κ2) is 5.69. The first-order valence-corrected chi connectivity index (χ1v) is 6.70. The van der Waals surface area contributed by atoms with Crippen LogP contribution in [0.3, 0.4) is 0 Å². The van der Waals surface area contributed by atoms with Crippen molar-refractivity contribution in [2.75, 3.05) is 32.7 Å². The number of hydrogen-bond acceptors (Lipinski definition) is 3. The molecule has 1 saturated heterocycles. The normalized spacial score (nSPS) is 23.3. The molecule has 0 spiro atoms. The number of nitrogens with one attached hydrogen (secondary N) is 1. The van der Waals surface area contributed by atoms with Crippen LogP contribution in [-0.4, -0.2) is 54.5 Å². The molecule has 5 heteroatoms. The van der Waals surface area contributed by atoms with E-state index in [2.05, 4.69) is 34.1 Å². The van der Waals surface area contributed by atoms with Gasteiger partial charge in [-0.05, 0) is 32.6 Å². The van der Waals surface area contributed by atoms with Crippen LogP contribution < -0.4 is 11.3 Å². The summed E-state index contributed by atoms with van der Waals surface area (Å²) < 4.78 is 0. The van der Waals surface area contributed by atoms with Gasteiger partial charge in [-0.25, -0.2) is 10.8 Å². The number of nitrogens with zero attached hydrogens (tertiary/aromatic N) is 3. The van der Waals surface area contributed by atoms with Gasteiger partial charge in [0.15, 0.2) is 0 Å². The van der Waals surface area contributed by atoms with Crippen LogP contribution in [0.4, 0.5) is 0 Å². The van der Waals surface area contributed by atoms with Gasteiger partial charge in [0.1, 0.15) is 0 Å². The molecule has 0 aromatic carbocycles. The predicted molar refractivity (Wildman–Crippen MR) is 70.6 cm³/mol. The Labute approximate surface area is 104 Å². The Morgan fingerprint density at radius 3 is 2.41 bits per heavy atom. The Balaban J connectivity index is 1.79. The third kappa shape index (κ3) is 3.85. The maximum absolute atomic E-state index is 5.54. The van der Waals surface area contributed by atoms with E-state index in [-0.39, 0.29) is 6.04 Å². The van der Waals surface area contributed by atoms with E-state index in [1.54, 1.807) is 0 Å². The molecular formula is C12H25N5. The van der Waals surface area contributed by atoms with Gasteiger partial charge in [-0.2, -0.15) is 0 Å². The molecule has 1 heterocycles. The molecule has 0 radical (unpaired) electrons. The topological polar surface area (TPSA) is 56.9 Å². The van der Waals surface area contributed by atoms with Gasteiger partial charge in [-0.1, -0.05) is 0 Å². The Bertz CT molecular complexity index is 264. The largest absolute Gasteiger partial charge is 0.339 e. The van der Waals surface area contributed by atoms with Gasteiger partial charge in [0.25, 0.3) is 0 Å². The first kappa shape index (κ1) is 12.6. The molecule has 0 amide bonds. The second-order valence-electron chi connectivity index (χ2n) is 5.42. The highest BCUT2D eigenvalue weighted by Gasteiger charge is 2.27. The summed E-state index contributed by atoms with van der Waals surface area (Å²) in [5.74, 6) is 7.36. The van der Waals surface area contributed by atoms with E-state index in [0.717, 1.165) is 38.1 Å². The molecule has 2 rings (SSSR count). The van der Waals surface area contributed by atoms with Crippen LogP contribution in [0.1, 0.15) is 26.7 Å². The highest BCUT2D eigenvalue weighted by molar-refractivity contribution is 5.79. The molecule has 1 aliphatic carbocycles. The van der Waals surface area contributed by atoms with Crippen LogP contribution in [0.2, 0.25) is 0 Å². The van der Waals surface area contributed by atoms with Crippen LogP contribution >= 0.6 is 0 Å². The third-order valence-corrected chi connectivity index (χ3v) is 3.39. The number of hydrazine groups is 1. The zero-order chi connectivity index (χ0) is 12.3. The summed E-state index contributed by atoms with van der Waals surface area (Å²) in [4.78, 5) is 9.33. The van der Waals surface area contributed by atoms with Crippen molar-refractivity contribution in [1.29, 1.82) is 0 Å². The van der Waals surface area contributed by atoms with E-state index in [1.165, 1.54) is 19.4 Å². The molecule has 0 aromatic rings. The van der Waals surface area contributed by atoms with Gasteiger partial charge in [-0.15, -0.1) is 0 Å². The lowest BCUT2D eigenvalue weighted by molar-refractivity contribution is 0.173. The molecule has 17 heavy (non-hydrogen) atoms. The Morgan fingerprint density at radius 2 is 1.94 bits per heavy atom. The molecule has 0 bridgehead atoms. The number of hydrogen-bond donors (Lipinski definition) is 2. The first-order valence-electron chi connectivity index (χ1n) is 6.70. The lowest BCUT2D eigenvalue weighted by Gasteiger charge is -2.36. The average Bonchev–Trinajstić information content (AvgIpc) is 3.11. The molecule has 0 atom stereocenters. The molecule has 0 aromatic heterocycles. The highest BCUT2D eigenvalue weighted by Crippen LogP contribution is 2.29. The van der Waals surface area contributed by atoms with Crippen molar-refractivity contribution in [3.63, 3.8) is 0 Å². The van der Waals surface area contributed by atoms with Crippen molar-refractivity contribution in [2.45, 2.75) is 32.7 Å². The van der Waals surface area contributed by atoms with E-state index in [0.29, 0.717) is 0 Å². The van der Waals surface area contributed by atoms with Crippen molar-refractivity contribution in [3.8, 4) is 0 Å². The summed E-state index contributed by atoms with van der Waals surface area (Å²) >= 11 is 0. The summed E-state index contributed by atoms with van der Waals surface area (Å²) in [6.45, 7) is 9.76. The van der Waals surface area contributed by atoms with Crippen LogP contribution in [0, 0.1) is 5.92 Å². The SMILES string of the molecule is CC(C)N=C(NN)N1CCN(CC2CC2)CC1. The molecule has 2 aliphatic rings. The molecule has 98 valence electrons. The molecule has 3 N–H and O–H groups in total. The Kier molecular flexibility index (Phi) is 4.23. The van der Waals surface area contributed by atoms with Gasteiger partial charge in [0.05, 0.1) is 0 Å². The van der Waals surface area contributed by atoms with Crippen LogP contribution in [-0.2, 0) is 0 Å². The molecule has 2 fully saturated rings. The molecule has 1 saturated carbocycles.